The Labute approximate surface area is 137 Å². The maximum atomic E-state index is 13.2. The molecule has 3 nitrogen and oxygen atoms in total. The Bertz CT molecular complexity index is 852. The molecule has 1 N–H and O–H groups in total. The number of rotatable bonds is 5. The average molecular weight is 327 g/mol. The molecule has 5 heteroatoms. The van der Waals surface area contributed by atoms with Gasteiger partial charge in [-0.05, 0) is 72.6 Å². The summed E-state index contributed by atoms with van der Waals surface area (Å²) in [5.41, 5.74) is 3.11. The number of carboxylic acids is 1. The lowest BCUT2D eigenvalue weighted by Gasteiger charge is -2.14. The van der Waals surface area contributed by atoms with E-state index in [2.05, 4.69) is 0 Å². The maximum absolute atomic E-state index is 13.2. The number of carbonyl (C=O) groups is 1. The van der Waals surface area contributed by atoms with E-state index >= 15 is 0 Å². The van der Waals surface area contributed by atoms with Crippen LogP contribution in [0.2, 0.25) is 0 Å². The molecule has 1 heterocycles. The molecule has 3 rings (SSSR count). The summed E-state index contributed by atoms with van der Waals surface area (Å²) in [6, 6.07) is 15.7. The molecule has 0 saturated heterocycles. The van der Waals surface area contributed by atoms with Gasteiger partial charge in [0.25, 0.3) is 0 Å². The van der Waals surface area contributed by atoms with Crippen molar-refractivity contribution in [1.29, 1.82) is 0 Å². The number of hydrogen-bond donors (Lipinski definition) is 1. The Hall–Kier alpha value is -2.95. The molecule has 2 aromatic carbocycles. The molecule has 0 amide bonds. The lowest BCUT2D eigenvalue weighted by molar-refractivity contribution is -0.136. The van der Waals surface area contributed by atoms with Crippen molar-refractivity contribution < 1.29 is 18.7 Å². The van der Waals surface area contributed by atoms with E-state index in [1.807, 2.05) is 16.7 Å². The third-order valence-electron chi connectivity index (χ3n) is 3.78. The summed E-state index contributed by atoms with van der Waals surface area (Å²) in [5, 5.41) is 8.93. The highest BCUT2D eigenvalue weighted by Crippen LogP contribution is 2.27. The first-order valence-corrected chi connectivity index (χ1v) is 7.49. The largest absolute Gasteiger partial charge is 0.481 e. The van der Waals surface area contributed by atoms with Gasteiger partial charge in [-0.1, -0.05) is 0 Å². The summed E-state index contributed by atoms with van der Waals surface area (Å²) in [4.78, 5) is 10.9. The summed E-state index contributed by atoms with van der Waals surface area (Å²) in [7, 11) is 0. The number of aromatic nitrogens is 1. The molecule has 0 aliphatic carbocycles. The minimum absolute atomic E-state index is 0.00589. The van der Waals surface area contributed by atoms with E-state index in [1.54, 1.807) is 24.3 Å². The maximum Gasteiger partial charge on any atom is 0.303 e. The quantitative estimate of drug-likeness (QED) is 0.753. The van der Waals surface area contributed by atoms with Gasteiger partial charge in [-0.2, -0.15) is 0 Å². The first-order valence-electron chi connectivity index (χ1n) is 7.49. The number of aliphatic carboxylic acids is 1. The minimum atomic E-state index is -0.884. The van der Waals surface area contributed by atoms with E-state index in [1.165, 1.54) is 24.3 Å². The molecule has 1 aromatic heterocycles. The summed E-state index contributed by atoms with van der Waals surface area (Å²) in [5.74, 6) is -1.56. The molecular formula is C19H15F2NO2. The van der Waals surface area contributed by atoms with Crippen LogP contribution in [-0.4, -0.2) is 15.6 Å². The molecule has 122 valence electrons. The molecular weight excluding hydrogens is 312 g/mol. The molecule has 0 saturated carbocycles. The van der Waals surface area contributed by atoms with Crippen molar-refractivity contribution >= 4 is 5.97 Å². The number of carboxylic acid groups (broad SMARTS) is 1. The van der Waals surface area contributed by atoms with Crippen LogP contribution < -0.4 is 0 Å². The van der Waals surface area contributed by atoms with Crippen molar-refractivity contribution in [3.63, 3.8) is 0 Å². The Morgan fingerprint density at radius 2 is 1.46 bits per heavy atom. The summed E-state index contributed by atoms with van der Waals surface area (Å²) < 4.78 is 28.3. The van der Waals surface area contributed by atoms with Crippen molar-refractivity contribution in [2.24, 2.45) is 0 Å². The first kappa shape index (κ1) is 15.9. The highest BCUT2D eigenvalue weighted by Gasteiger charge is 2.13. The number of benzene rings is 2. The molecule has 0 radical (unpaired) electrons. The standard InChI is InChI=1S/C19H15F2NO2/c20-14-3-1-13(2-4-14)18-11-9-17(10-12-19(23)24)22(18)16-7-5-15(21)6-8-16/h1-9,11H,10,12H2,(H,23,24). The summed E-state index contributed by atoms with van der Waals surface area (Å²) in [6.07, 6.45) is 0.335. The van der Waals surface area contributed by atoms with E-state index in [9.17, 15) is 13.6 Å². The van der Waals surface area contributed by atoms with Gasteiger partial charge in [0.05, 0.1) is 12.1 Å². The number of halogens is 2. The summed E-state index contributed by atoms with van der Waals surface area (Å²) in [6.45, 7) is 0. The van der Waals surface area contributed by atoms with Crippen LogP contribution in [0.4, 0.5) is 8.78 Å². The fourth-order valence-corrected chi connectivity index (χ4v) is 2.65. The molecule has 0 bridgehead atoms. The van der Waals surface area contributed by atoms with E-state index in [-0.39, 0.29) is 18.1 Å². The molecule has 0 spiro atoms. The molecule has 0 atom stereocenters. The second kappa shape index (κ2) is 6.66. The van der Waals surface area contributed by atoms with Crippen LogP contribution in [0.1, 0.15) is 12.1 Å². The van der Waals surface area contributed by atoms with Crippen LogP contribution in [0.25, 0.3) is 16.9 Å². The van der Waals surface area contributed by atoms with E-state index < -0.39 is 5.97 Å². The predicted molar refractivity (Wildman–Crippen MR) is 87.1 cm³/mol. The highest BCUT2D eigenvalue weighted by molar-refractivity contribution is 5.68. The Morgan fingerprint density at radius 3 is 2.04 bits per heavy atom. The third-order valence-corrected chi connectivity index (χ3v) is 3.78. The lowest BCUT2D eigenvalue weighted by atomic mass is 10.1. The second-order valence-electron chi connectivity index (χ2n) is 5.42. The Morgan fingerprint density at radius 1 is 0.875 bits per heavy atom. The lowest BCUT2D eigenvalue weighted by Crippen LogP contribution is -2.05. The van der Waals surface area contributed by atoms with Crippen molar-refractivity contribution in [2.45, 2.75) is 12.8 Å². The van der Waals surface area contributed by atoms with Gasteiger partial charge >= 0.3 is 5.97 Å². The van der Waals surface area contributed by atoms with Crippen molar-refractivity contribution in [3.05, 3.63) is 78.0 Å². The van der Waals surface area contributed by atoms with Crippen molar-refractivity contribution in [2.75, 3.05) is 0 Å². The van der Waals surface area contributed by atoms with Gasteiger partial charge in [0, 0.05) is 11.4 Å². The zero-order chi connectivity index (χ0) is 17.1. The fourth-order valence-electron chi connectivity index (χ4n) is 2.65. The Balaban J connectivity index is 2.09. The molecule has 0 aliphatic rings. The topological polar surface area (TPSA) is 42.2 Å². The molecule has 0 aliphatic heterocycles. The second-order valence-corrected chi connectivity index (χ2v) is 5.42. The van der Waals surface area contributed by atoms with Gasteiger partial charge < -0.3 is 9.67 Å². The van der Waals surface area contributed by atoms with E-state index in [0.717, 1.165) is 22.6 Å². The van der Waals surface area contributed by atoms with Gasteiger partial charge in [-0.25, -0.2) is 8.78 Å². The van der Waals surface area contributed by atoms with Crippen LogP contribution in [0, 0.1) is 11.6 Å². The average Bonchev–Trinajstić information content (AvgIpc) is 2.98. The minimum Gasteiger partial charge on any atom is -0.481 e. The van der Waals surface area contributed by atoms with Gasteiger partial charge in [0.15, 0.2) is 0 Å². The third kappa shape index (κ3) is 3.35. The normalized spacial score (nSPS) is 10.8. The smallest absolute Gasteiger partial charge is 0.303 e. The van der Waals surface area contributed by atoms with E-state index in [0.29, 0.717) is 6.42 Å². The predicted octanol–water partition coefficient (Wildman–Crippen LogP) is 4.44. The van der Waals surface area contributed by atoms with E-state index in [4.69, 9.17) is 5.11 Å². The van der Waals surface area contributed by atoms with Crippen molar-refractivity contribution in [1.82, 2.24) is 4.57 Å². The zero-order valence-electron chi connectivity index (χ0n) is 12.7. The van der Waals surface area contributed by atoms with Gasteiger partial charge in [-0.15, -0.1) is 0 Å². The molecule has 3 aromatic rings. The first-order chi connectivity index (χ1) is 11.5. The van der Waals surface area contributed by atoms with Crippen LogP contribution in [-0.2, 0) is 11.2 Å². The Kier molecular flexibility index (Phi) is 4.42. The number of aryl methyl sites for hydroxylation is 1. The zero-order valence-corrected chi connectivity index (χ0v) is 12.7. The van der Waals surface area contributed by atoms with Gasteiger partial charge in [0.2, 0.25) is 0 Å². The molecule has 0 fully saturated rings. The van der Waals surface area contributed by atoms with Crippen LogP contribution in [0.5, 0.6) is 0 Å². The van der Waals surface area contributed by atoms with Crippen LogP contribution in [0.15, 0.2) is 60.7 Å². The molecule has 24 heavy (non-hydrogen) atoms. The molecule has 0 unspecified atom stereocenters. The number of hydrogen-bond acceptors (Lipinski definition) is 1. The highest BCUT2D eigenvalue weighted by atomic mass is 19.1. The summed E-state index contributed by atoms with van der Waals surface area (Å²) >= 11 is 0. The monoisotopic (exact) mass is 327 g/mol. The van der Waals surface area contributed by atoms with Gasteiger partial charge in [-0.3, -0.25) is 4.79 Å². The SMILES string of the molecule is O=C(O)CCc1ccc(-c2ccc(F)cc2)n1-c1ccc(F)cc1. The van der Waals surface area contributed by atoms with Crippen LogP contribution >= 0.6 is 0 Å². The fraction of sp³-hybridized carbons (Fsp3) is 0.105. The van der Waals surface area contributed by atoms with Crippen LogP contribution in [0.3, 0.4) is 0 Å². The van der Waals surface area contributed by atoms with Crippen molar-refractivity contribution in [3.8, 4) is 16.9 Å². The number of nitrogens with zero attached hydrogens (tertiary/aromatic N) is 1. The van der Waals surface area contributed by atoms with Gasteiger partial charge in [0.1, 0.15) is 11.6 Å².